The lowest BCUT2D eigenvalue weighted by Gasteiger charge is -2.50. The van der Waals surface area contributed by atoms with Crippen LogP contribution < -0.4 is 0 Å². The molecule has 4 aliphatic carbocycles. The van der Waals surface area contributed by atoms with Crippen molar-refractivity contribution in [1.82, 2.24) is 0 Å². The van der Waals surface area contributed by atoms with Crippen molar-refractivity contribution in [2.24, 2.45) is 44.8 Å². The first-order chi connectivity index (χ1) is 39.0. The first kappa shape index (κ1) is 59.8. The first-order valence-electron chi connectivity index (χ1n) is 28.5. The van der Waals surface area contributed by atoms with Gasteiger partial charge >= 0.3 is 44.1 Å². The number of hydrogen-bond donors (Lipinski definition) is 2. The topological polar surface area (TPSA) is 257 Å². The average Bonchev–Trinajstić information content (AvgIpc) is 4.08. The number of carbonyl (C=O) groups is 4. The molecule has 4 aromatic rings. The van der Waals surface area contributed by atoms with E-state index in [1.54, 1.807) is 48.5 Å². The smallest absolute Gasteiger partial charge is 0.358 e. The number of hydrogen-bond acceptors (Lipinski definition) is 18. The van der Waals surface area contributed by atoms with Crippen molar-refractivity contribution in [3.05, 3.63) is 119 Å². The summed E-state index contributed by atoms with van der Waals surface area (Å²) in [7, 11) is -8.67. The van der Waals surface area contributed by atoms with Gasteiger partial charge in [0.1, 0.15) is 21.3 Å². The maximum atomic E-state index is 14.0. The number of ether oxygens (including phenoxy) is 4. The molecule has 0 radical (unpaired) electrons. The Morgan fingerprint density at radius 3 is 1.15 bits per heavy atom. The third-order valence-corrected chi connectivity index (χ3v) is 20.0. The van der Waals surface area contributed by atoms with Gasteiger partial charge in [-0.05, 0) is 173 Å². The number of benzene rings is 4. The lowest BCUT2D eigenvalue weighted by molar-refractivity contribution is -0.169. The summed E-state index contributed by atoms with van der Waals surface area (Å²) in [6.07, 6.45) is 3.57. The van der Waals surface area contributed by atoms with Gasteiger partial charge in [-0.1, -0.05) is 86.5 Å². The highest BCUT2D eigenvalue weighted by Gasteiger charge is 2.51. The minimum Gasteiger partial charge on any atom is -0.508 e. The number of phenolic OH excluding ortho intramolecular Hbond substituents is 2. The predicted molar refractivity (Wildman–Crippen MR) is 301 cm³/mol. The molecule has 4 bridgehead atoms. The van der Waals surface area contributed by atoms with Crippen molar-refractivity contribution < 1.29 is 73.7 Å². The van der Waals surface area contributed by atoms with Gasteiger partial charge in [0.05, 0.1) is 35.5 Å². The lowest BCUT2D eigenvalue weighted by Crippen LogP contribution is -2.51. The molecule has 4 aromatic carbocycles. The number of nitrogens with zero attached hydrogens (tertiary/aromatic N) is 2. The van der Waals surface area contributed by atoms with E-state index in [1.807, 2.05) is 65.8 Å². The Balaban J connectivity index is 0.816. The highest BCUT2D eigenvalue weighted by molar-refractivity contribution is 7.87. The molecule has 2 aliphatic heterocycles. The molecule has 440 valence electrons. The van der Waals surface area contributed by atoms with E-state index in [9.17, 15) is 46.2 Å². The monoisotopic (exact) mass is 1170 g/mol. The number of rotatable bonds is 24. The van der Waals surface area contributed by atoms with Gasteiger partial charge in [0.25, 0.3) is 0 Å². The zero-order valence-corrected chi connectivity index (χ0v) is 48.9. The van der Waals surface area contributed by atoms with Gasteiger partial charge in [-0.15, -0.1) is 0 Å². The van der Waals surface area contributed by atoms with Crippen LogP contribution in [0.5, 0.6) is 11.5 Å². The molecule has 2 saturated heterocycles. The minimum absolute atomic E-state index is 0.0853. The normalized spacial score (nSPS) is 24.2. The molecular formula is C62H74N2O16S2. The van der Waals surface area contributed by atoms with E-state index in [0.717, 1.165) is 22.3 Å². The van der Waals surface area contributed by atoms with Crippen LogP contribution in [0.15, 0.2) is 117 Å². The van der Waals surface area contributed by atoms with Crippen LogP contribution in [0.3, 0.4) is 0 Å². The molecule has 10 rings (SSSR count). The van der Waals surface area contributed by atoms with Crippen LogP contribution in [0.2, 0.25) is 0 Å². The number of carbonyl (C=O) groups excluding carboxylic acids is 4. The molecular weight excluding hydrogens is 1090 g/mol. The predicted octanol–water partition coefficient (Wildman–Crippen LogP) is 10.9. The summed E-state index contributed by atoms with van der Waals surface area (Å²) in [5.41, 5.74) is 2.66. The number of esters is 4. The minimum atomic E-state index is -4.34. The summed E-state index contributed by atoms with van der Waals surface area (Å²) in [6.45, 7) is 12.0. The Bertz CT molecular complexity index is 3030. The standard InChI is InChI=1S/C62H74N2O16S2/c1-7-39(35-61(5,59(69)77-53-25-27-75-57(53)67)33-37(3)41-9-17-49(65)18-10-41)43-13-21-51(22-14-43)81(71,72)79-63-55-45-29-47-31-46(55)32-48(30-45)56(47)64-80-82(73,74)52-23-15-44(16-24-52)40(8-2)36-62(6,60(70)78-54-26-28-76-58(54)68)34-38(4)42-11-19-50(66)20-12-42/h9-24,37-40,45-48,53-54,65-66H,7-8,25-36H2,1-6H3. The van der Waals surface area contributed by atoms with Gasteiger partial charge in [0.15, 0.2) is 0 Å². The molecule has 20 heteroatoms. The Hall–Kier alpha value is -6.80. The summed E-state index contributed by atoms with van der Waals surface area (Å²) in [5, 5.41) is 28.3. The van der Waals surface area contributed by atoms with Crippen molar-refractivity contribution in [2.45, 2.75) is 164 Å². The molecule has 8 atom stereocenters. The maximum Gasteiger partial charge on any atom is 0.358 e. The molecule has 82 heavy (non-hydrogen) atoms. The molecule has 2 heterocycles. The highest BCUT2D eigenvalue weighted by Crippen LogP contribution is 2.52. The molecule has 6 fully saturated rings. The van der Waals surface area contributed by atoms with Crippen molar-refractivity contribution in [3.63, 3.8) is 0 Å². The van der Waals surface area contributed by atoms with Crippen LogP contribution in [0.25, 0.3) is 0 Å². The van der Waals surface area contributed by atoms with Gasteiger partial charge in [0.2, 0.25) is 12.2 Å². The third-order valence-electron chi connectivity index (χ3n) is 17.8. The summed E-state index contributed by atoms with van der Waals surface area (Å²) in [5.74, 6) is -2.91. The van der Waals surface area contributed by atoms with Crippen molar-refractivity contribution in [2.75, 3.05) is 13.2 Å². The van der Waals surface area contributed by atoms with Crippen LogP contribution in [0, 0.1) is 34.5 Å². The number of phenols is 2. The molecule has 6 aliphatic rings. The van der Waals surface area contributed by atoms with Gasteiger partial charge < -0.3 is 29.2 Å². The van der Waals surface area contributed by atoms with Crippen LogP contribution in [0.1, 0.15) is 165 Å². The van der Waals surface area contributed by atoms with Crippen LogP contribution in [-0.2, 0) is 66.9 Å². The molecule has 2 N–H and O–H groups in total. The van der Waals surface area contributed by atoms with Crippen molar-refractivity contribution in [3.8, 4) is 11.5 Å². The maximum absolute atomic E-state index is 14.0. The summed E-state index contributed by atoms with van der Waals surface area (Å²) < 4.78 is 87.2. The van der Waals surface area contributed by atoms with E-state index < -0.39 is 67.2 Å². The number of oxime groups is 2. The molecule has 0 aromatic heterocycles. The zero-order valence-electron chi connectivity index (χ0n) is 47.2. The van der Waals surface area contributed by atoms with E-state index in [4.69, 9.17) is 27.5 Å². The molecule has 0 spiro atoms. The Morgan fingerprint density at radius 2 is 0.854 bits per heavy atom. The SMILES string of the molecule is CCC(CC(C)(CC(C)c1ccc(O)cc1)C(=O)OC1CCOC1=O)c1ccc(S(=O)(=O)ON=C2C3CC4CC2CC(C3)C4=NOS(=O)(=O)c2ccc(C(CC)CC(C)(CC(C)c3ccc(O)cc3)C(=O)OC3CCOC3=O)cc2)cc1. The molecule has 18 nitrogen and oxygen atoms in total. The second kappa shape index (κ2) is 24.6. The summed E-state index contributed by atoms with van der Waals surface area (Å²) in [4.78, 5) is 52.5. The van der Waals surface area contributed by atoms with Crippen molar-refractivity contribution >= 4 is 55.5 Å². The Labute approximate surface area is 480 Å². The Kier molecular flexibility index (Phi) is 17.9. The largest absolute Gasteiger partial charge is 0.508 e. The Morgan fingerprint density at radius 1 is 0.537 bits per heavy atom. The molecule has 4 saturated carbocycles. The summed E-state index contributed by atoms with van der Waals surface area (Å²) >= 11 is 0. The fourth-order valence-corrected chi connectivity index (χ4v) is 14.7. The second-order valence-electron chi connectivity index (χ2n) is 23.8. The zero-order chi connectivity index (χ0) is 58.7. The lowest BCUT2D eigenvalue weighted by atomic mass is 9.54. The van der Waals surface area contributed by atoms with Gasteiger partial charge in [-0.3, -0.25) is 18.2 Å². The third kappa shape index (κ3) is 13.3. The van der Waals surface area contributed by atoms with Crippen LogP contribution in [0.4, 0.5) is 0 Å². The van der Waals surface area contributed by atoms with E-state index in [1.165, 1.54) is 24.3 Å². The summed E-state index contributed by atoms with van der Waals surface area (Å²) in [6, 6.07) is 26.4. The van der Waals surface area contributed by atoms with E-state index in [-0.39, 0.29) is 94.7 Å². The average molecular weight is 1170 g/mol. The second-order valence-corrected chi connectivity index (χ2v) is 26.8. The fourth-order valence-electron chi connectivity index (χ4n) is 13.3. The molecule has 0 amide bonds. The van der Waals surface area contributed by atoms with Gasteiger partial charge in [0, 0.05) is 36.5 Å². The quantitative estimate of drug-likeness (QED) is 0.0375. The van der Waals surface area contributed by atoms with E-state index in [0.29, 0.717) is 75.6 Å². The molecule has 8 unspecified atom stereocenters. The van der Waals surface area contributed by atoms with Gasteiger partial charge in [-0.25, -0.2) is 9.59 Å². The van der Waals surface area contributed by atoms with E-state index in [2.05, 4.69) is 10.3 Å². The first-order valence-corrected chi connectivity index (χ1v) is 31.4. The number of aromatic hydroxyl groups is 2. The van der Waals surface area contributed by atoms with E-state index >= 15 is 0 Å². The van der Waals surface area contributed by atoms with Crippen LogP contribution in [-0.4, -0.2) is 87.8 Å². The highest BCUT2D eigenvalue weighted by atomic mass is 32.2. The van der Waals surface area contributed by atoms with Gasteiger partial charge in [-0.2, -0.15) is 16.8 Å². The number of cyclic esters (lactones) is 2. The van der Waals surface area contributed by atoms with Crippen LogP contribution >= 0.6 is 0 Å². The van der Waals surface area contributed by atoms with Crippen molar-refractivity contribution in [1.29, 1.82) is 0 Å². The fraction of sp³-hybridized carbons (Fsp3) is 0.516.